The Balaban J connectivity index is 1.52. The Hall–Kier alpha value is -3.19. The molecule has 0 unspecified atom stereocenters. The molecule has 4 saturated carbocycles. The smallest absolute Gasteiger partial charge is 0.315 e. The van der Waals surface area contributed by atoms with Crippen molar-refractivity contribution in [3.05, 3.63) is 50.8 Å². The van der Waals surface area contributed by atoms with Crippen LogP contribution in [0.1, 0.15) is 54.6 Å². The third kappa shape index (κ3) is 3.64. The van der Waals surface area contributed by atoms with Gasteiger partial charge in [-0.3, -0.25) is 19.6 Å². The van der Waals surface area contributed by atoms with Crippen LogP contribution in [0, 0.1) is 51.1 Å². The first-order valence-corrected chi connectivity index (χ1v) is 10.8. The number of nitrogens with one attached hydrogen (secondary N) is 1. The molecule has 14 heteroatoms. The van der Waals surface area contributed by atoms with E-state index < -0.39 is 68.4 Å². The molecule has 2 aromatic rings. The number of amides is 1. The van der Waals surface area contributed by atoms with Crippen LogP contribution in [0.5, 0.6) is 0 Å². The number of carbonyl (C=O) groups is 1. The lowest BCUT2D eigenvalue weighted by molar-refractivity contribution is -0.385. The zero-order valence-corrected chi connectivity index (χ0v) is 17.8. The highest BCUT2D eigenvalue weighted by molar-refractivity contribution is 6.05. The predicted octanol–water partition coefficient (Wildman–Crippen LogP) is 5.54. The van der Waals surface area contributed by atoms with Gasteiger partial charge in [-0.25, -0.2) is 17.6 Å². The minimum atomic E-state index is -5.76. The average Bonchev–Trinajstić information content (AvgIpc) is 3.20. The molecule has 4 fully saturated rings. The summed E-state index contributed by atoms with van der Waals surface area (Å²) in [6, 6.07) is 0. The van der Waals surface area contributed by atoms with Crippen molar-refractivity contribution in [1.82, 2.24) is 9.78 Å². The average molecular weight is 506 g/mol. The van der Waals surface area contributed by atoms with Gasteiger partial charge in [-0.2, -0.15) is 18.3 Å². The van der Waals surface area contributed by atoms with Crippen molar-refractivity contribution in [1.29, 1.82) is 0 Å². The highest BCUT2D eigenvalue weighted by Crippen LogP contribution is 2.58. The van der Waals surface area contributed by atoms with Gasteiger partial charge >= 0.3 is 11.9 Å². The van der Waals surface area contributed by atoms with Crippen molar-refractivity contribution in [3.63, 3.8) is 0 Å². The van der Waals surface area contributed by atoms with Gasteiger partial charge in [0.25, 0.3) is 5.91 Å². The number of rotatable bonds is 4. The van der Waals surface area contributed by atoms with Crippen LogP contribution in [0.25, 0.3) is 0 Å². The lowest BCUT2D eigenvalue weighted by atomic mass is 9.53. The van der Waals surface area contributed by atoms with Gasteiger partial charge in [0.05, 0.1) is 10.5 Å². The number of hydrogen-bond acceptors (Lipinski definition) is 4. The summed E-state index contributed by atoms with van der Waals surface area (Å²) in [5.74, 6) is -10.9. The van der Waals surface area contributed by atoms with Crippen LogP contribution in [0.15, 0.2) is 6.20 Å². The molecule has 1 aromatic heterocycles. The number of carbonyl (C=O) groups excluding carboxylic acids is 1. The van der Waals surface area contributed by atoms with Crippen molar-refractivity contribution in [2.75, 3.05) is 5.32 Å². The van der Waals surface area contributed by atoms with Gasteiger partial charge in [-0.1, -0.05) is 0 Å². The molecule has 1 N–H and O–H groups in total. The Bertz CT molecular complexity index is 1190. The fraction of sp³-hybridized carbons (Fsp3) is 0.524. The first-order chi connectivity index (χ1) is 16.3. The maximum Gasteiger partial charge on any atom is 0.422 e. The van der Waals surface area contributed by atoms with Crippen LogP contribution in [0.2, 0.25) is 0 Å². The molecular weight excluding hydrogens is 489 g/mol. The maximum atomic E-state index is 14.2. The molecule has 188 valence electrons. The number of aromatic nitrogens is 2. The molecule has 1 aromatic carbocycles. The fourth-order valence-electron chi connectivity index (χ4n) is 6.41. The molecule has 35 heavy (non-hydrogen) atoms. The number of benzene rings is 1. The molecule has 4 aliphatic carbocycles. The molecule has 0 saturated heterocycles. The summed E-state index contributed by atoms with van der Waals surface area (Å²) in [5, 5.41) is 17.0. The zero-order valence-electron chi connectivity index (χ0n) is 17.8. The Labute approximate surface area is 192 Å². The maximum absolute atomic E-state index is 14.2. The quantitative estimate of drug-likeness (QED) is 0.255. The third-order valence-electron chi connectivity index (χ3n) is 7.38. The van der Waals surface area contributed by atoms with E-state index in [0.29, 0.717) is 37.0 Å². The first kappa shape index (κ1) is 23.5. The number of nitro groups is 1. The predicted molar refractivity (Wildman–Crippen MR) is 104 cm³/mol. The number of nitrogens with zero attached hydrogens (tertiary/aromatic N) is 3. The summed E-state index contributed by atoms with van der Waals surface area (Å²) in [5.41, 5.74) is -6.92. The Morgan fingerprint density at radius 1 is 1.00 bits per heavy atom. The molecule has 6 rings (SSSR count). The SMILES string of the molecule is O=C(Nc1c(F)c(F)c(C(F)(F)F)c(F)c1F)c1nn(C23CC4CC(CC(C4)C2)C3)cc1[N+](=O)[O-]. The standard InChI is InChI=1S/C21H17F7N4O3/c22-13-12(21(26,27)28)14(23)16(25)18(15(13)24)29-19(33)17-11(32(34)35)7-31(30-17)20-4-8-1-9(5-20)3-10(2-8)6-20/h7-10H,1-6H2,(H,29,33). The minimum absolute atomic E-state index is 0.406. The fourth-order valence-corrected chi connectivity index (χ4v) is 6.41. The molecule has 0 spiro atoms. The molecule has 0 aliphatic heterocycles. The van der Waals surface area contributed by atoms with Gasteiger partial charge in [0.2, 0.25) is 5.69 Å². The summed E-state index contributed by atoms with van der Waals surface area (Å²) >= 11 is 0. The van der Waals surface area contributed by atoms with Gasteiger partial charge in [0, 0.05) is 0 Å². The van der Waals surface area contributed by atoms with Crippen LogP contribution >= 0.6 is 0 Å². The Morgan fingerprint density at radius 3 is 1.91 bits per heavy atom. The van der Waals surface area contributed by atoms with Gasteiger partial charge < -0.3 is 5.32 Å². The van der Waals surface area contributed by atoms with Crippen LogP contribution in [0.4, 0.5) is 42.1 Å². The largest absolute Gasteiger partial charge is 0.422 e. The van der Waals surface area contributed by atoms with E-state index in [1.54, 1.807) is 0 Å². The zero-order chi connectivity index (χ0) is 25.4. The molecule has 0 radical (unpaired) electrons. The van der Waals surface area contributed by atoms with Gasteiger partial charge in [0.15, 0.2) is 23.3 Å². The van der Waals surface area contributed by atoms with Crippen molar-refractivity contribution >= 4 is 17.3 Å². The molecule has 1 heterocycles. The highest BCUT2D eigenvalue weighted by Gasteiger charge is 2.53. The second kappa shape index (κ2) is 7.65. The van der Waals surface area contributed by atoms with Crippen LogP contribution < -0.4 is 5.32 Å². The number of anilines is 1. The van der Waals surface area contributed by atoms with Crippen molar-refractivity contribution in [2.45, 2.75) is 50.2 Å². The normalized spacial score (nSPS) is 27.3. The summed E-state index contributed by atoms with van der Waals surface area (Å²) in [4.78, 5) is 23.3. The lowest BCUT2D eigenvalue weighted by Crippen LogP contribution is -2.52. The van der Waals surface area contributed by atoms with E-state index in [1.807, 2.05) is 0 Å². The topological polar surface area (TPSA) is 90.1 Å². The van der Waals surface area contributed by atoms with E-state index in [9.17, 15) is 45.6 Å². The van der Waals surface area contributed by atoms with Gasteiger partial charge in [-0.05, 0) is 56.3 Å². The van der Waals surface area contributed by atoms with Crippen LogP contribution in [-0.4, -0.2) is 20.6 Å². The molecule has 7 nitrogen and oxygen atoms in total. The molecule has 4 aliphatic rings. The highest BCUT2D eigenvalue weighted by atomic mass is 19.4. The third-order valence-corrected chi connectivity index (χ3v) is 7.38. The van der Waals surface area contributed by atoms with Crippen molar-refractivity contribution in [2.24, 2.45) is 17.8 Å². The second-order valence-corrected chi connectivity index (χ2v) is 9.66. The molecule has 0 atom stereocenters. The Morgan fingerprint density at radius 2 is 1.49 bits per heavy atom. The molecular formula is C21H17F7N4O3. The van der Waals surface area contributed by atoms with Gasteiger partial charge in [-0.15, -0.1) is 0 Å². The van der Waals surface area contributed by atoms with E-state index in [2.05, 4.69) is 5.10 Å². The summed E-state index contributed by atoms with van der Waals surface area (Å²) in [6.07, 6.45) is 0.488. The van der Waals surface area contributed by atoms with E-state index in [4.69, 9.17) is 0 Å². The number of hydrogen-bond donors (Lipinski definition) is 1. The second-order valence-electron chi connectivity index (χ2n) is 9.66. The van der Waals surface area contributed by atoms with E-state index in [1.165, 1.54) is 10.00 Å². The van der Waals surface area contributed by atoms with Crippen molar-refractivity contribution in [3.8, 4) is 0 Å². The minimum Gasteiger partial charge on any atom is -0.315 e. The summed E-state index contributed by atoms with van der Waals surface area (Å²) in [7, 11) is 0. The van der Waals surface area contributed by atoms with Gasteiger partial charge in [0.1, 0.15) is 17.4 Å². The monoisotopic (exact) mass is 506 g/mol. The van der Waals surface area contributed by atoms with Crippen molar-refractivity contribution < 1.29 is 40.5 Å². The Kier molecular flexibility index (Phi) is 5.15. The van der Waals surface area contributed by atoms with E-state index >= 15 is 0 Å². The first-order valence-electron chi connectivity index (χ1n) is 10.8. The number of halogens is 7. The van der Waals surface area contributed by atoms with E-state index in [-0.39, 0.29) is 0 Å². The summed E-state index contributed by atoms with van der Waals surface area (Å²) < 4.78 is 96.0. The molecule has 1 amide bonds. The number of alkyl halides is 3. The summed E-state index contributed by atoms with van der Waals surface area (Å²) in [6.45, 7) is 0. The van der Waals surface area contributed by atoms with Crippen LogP contribution in [0.3, 0.4) is 0 Å². The lowest BCUT2D eigenvalue weighted by Gasteiger charge is -2.56. The van der Waals surface area contributed by atoms with Crippen LogP contribution in [-0.2, 0) is 11.7 Å². The molecule has 4 bridgehead atoms. The van der Waals surface area contributed by atoms with E-state index in [0.717, 1.165) is 25.5 Å².